The molecule has 110 valence electrons. The molecule has 1 N–H and O–H groups in total. The molecule has 2 aromatic carbocycles. The first-order valence-corrected chi connectivity index (χ1v) is 8.12. The van der Waals surface area contributed by atoms with Crippen LogP contribution in [0, 0.1) is 6.92 Å². The SMILES string of the molecule is Cc1ccc([C@@H](C)NCC2CCCc3ccccc32)cc1. The molecule has 1 aliphatic carbocycles. The van der Waals surface area contributed by atoms with Crippen molar-refractivity contribution in [1.29, 1.82) is 0 Å². The molecular formula is C20H25N. The minimum atomic E-state index is 0.416. The Kier molecular flexibility index (Phi) is 4.40. The van der Waals surface area contributed by atoms with Crippen molar-refractivity contribution in [2.24, 2.45) is 0 Å². The van der Waals surface area contributed by atoms with Crippen LogP contribution in [0.4, 0.5) is 0 Å². The van der Waals surface area contributed by atoms with E-state index in [2.05, 4.69) is 67.7 Å². The summed E-state index contributed by atoms with van der Waals surface area (Å²) in [6.07, 6.45) is 3.88. The van der Waals surface area contributed by atoms with Crippen LogP contribution in [0.2, 0.25) is 0 Å². The number of nitrogens with one attached hydrogen (secondary N) is 1. The Bertz CT molecular complexity index is 585. The molecule has 0 heterocycles. The molecule has 3 rings (SSSR count). The van der Waals surface area contributed by atoms with E-state index in [4.69, 9.17) is 0 Å². The summed E-state index contributed by atoms with van der Waals surface area (Å²) in [5, 5.41) is 3.73. The molecule has 0 amide bonds. The lowest BCUT2D eigenvalue weighted by Gasteiger charge is -2.27. The first-order chi connectivity index (χ1) is 10.2. The van der Waals surface area contributed by atoms with Crippen molar-refractivity contribution < 1.29 is 0 Å². The van der Waals surface area contributed by atoms with Gasteiger partial charge in [0.05, 0.1) is 0 Å². The van der Waals surface area contributed by atoms with Gasteiger partial charge < -0.3 is 5.32 Å². The zero-order valence-corrected chi connectivity index (χ0v) is 13.1. The highest BCUT2D eigenvalue weighted by atomic mass is 14.9. The summed E-state index contributed by atoms with van der Waals surface area (Å²) in [6, 6.07) is 18.3. The molecule has 2 aromatic rings. The normalized spacial score (nSPS) is 19.0. The van der Waals surface area contributed by atoms with E-state index in [9.17, 15) is 0 Å². The average Bonchev–Trinajstić information content (AvgIpc) is 2.53. The van der Waals surface area contributed by atoms with Crippen LogP contribution in [-0.2, 0) is 6.42 Å². The molecular weight excluding hydrogens is 254 g/mol. The van der Waals surface area contributed by atoms with Gasteiger partial charge in [0.25, 0.3) is 0 Å². The van der Waals surface area contributed by atoms with Crippen molar-refractivity contribution in [3.8, 4) is 0 Å². The summed E-state index contributed by atoms with van der Waals surface area (Å²) < 4.78 is 0. The zero-order chi connectivity index (χ0) is 14.7. The molecule has 1 unspecified atom stereocenters. The van der Waals surface area contributed by atoms with Gasteiger partial charge in [-0.25, -0.2) is 0 Å². The van der Waals surface area contributed by atoms with Crippen molar-refractivity contribution in [2.75, 3.05) is 6.54 Å². The Morgan fingerprint density at radius 3 is 2.67 bits per heavy atom. The highest BCUT2D eigenvalue weighted by Crippen LogP contribution is 2.31. The van der Waals surface area contributed by atoms with E-state index < -0.39 is 0 Å². The van der Waals surface area contributed by atoms with Gasteiger partial charge >= 0.3 is 0 Å². The van der Waals surface area contributed by atoms with E-state index >= 15 is 0 Å². The topological polar surface area (TPSA) is 12.0 Å². The molecule has 0 radical (unpaired) electrons. The van der Waals surface area contributed by atoms with Crippen LogP contribution in [-0.4, -0.2) is 6.54 Å². The number of rotatable bonds is 4. The quantitative estimate of drug-likeness (QED) is 0.850. The minimum Gasteiger partial charge on any atom is -0.310 e. The maximum Gasteiger partial charge on any atom is 0.0292 e. The fourth-order valence-electron chi connectivity index (χ4n) is 3.36. The standard InChI is InChI=1S/C20H25N/c1-15-10-12-17(13-11-15)16(2)21-14-19-8-5-7-18-6-3-4-9-20(18)19/h3-4,6,9-13,16,19,21H,5,7-8,14H2,1-2H3/t16-,19?/m1/s1. The largest absolute Gasteiger partial charge is 0.310 e. The van der Waals surface area contributed by atoms with Crippen molar-refractivity contribution in [3.63, 3.8) is 0 Å². The van der Waals surface area contributed by atoms with Crippen LogP contribution in [0.25, 0.3) is 0 Å². The summed E-state index contributed by atoms with van der Waals surface area (Å²) in [5.74, 6) is 0.669. The first kappa shape index (κ1) is 14.3. The van der Waals surface area contributed by atoms with Crippen LogP contribution >= 0.6 is 0 Å². The molecule has 2 atom stereocenters. The Hall–Kier alpha value is -1.60. The van der Waals surface area contributed by atoms with Gasteiger partial charge in [-0.2, -0.15) is 0 Å². The van der Waals surface area contributed by atoms with Crippen LogP contribution in [0.15, 0.2) is 48.5 Å². The molecule has 0 spiro atoms. The molecule has 0 saturated carbocycles. The Morgan fingerprint density at radius 2 is 1.86 bits per heavy atom. The third-order valence-electron chi connectivity index (χ3n) is 4.74. The van der Waals surface area contributed by atoms with E-state index in [1.54, 1.807) is 11.1 Å². The second-order valence-electron chi connectivity index (χ2n) is 6.33. The number of hydrogen-bond donors (Lipinski definition) is 1. The number of benzene rings is 2. The van der Waals surface area contributed by atoms with Crippen molar-refractivity contribution in [2.45, 2.75) is 45.1 Å². The van der Waals surface area contributed by atoms with Gasteiger partial charge in [-0.3, -0.25) is 0 Å². The number of hydrogen-bond acceptors (Lipinski definition) is 1. The van der Waals surface area contributed by atoms with Gasteiger partial charge in [0.1, 0.15) is 0 Å². The number of fused-ring (bicyclic) bond motifs is 1. The van der Waals surface area contributed by atoms with E-state index in [-0.39, 0.29) is 0 Å². The maximum atomic E-state index is 3.73. The lowest BCUT2D eigenvalue weighted by Crippen LogP contribution is -2.26. The molecule has 0 saturated heterocycles. The lowest BCUT2D eigenvalue weighted by atomic mass is 9.82. The van der Waals surface area contributed by atoms with Crippen LogP contribution in [0.5, 0.6) is 0 Å². The predicted molar refractivity (Wildman–Crippen MR) is 89.7 cm³/mol. The molecule has 0 aromatic heterocycles. The summed E-state index contributed by atoms with van der Waals surface area (Å²) in [7, 11) is 0. The van der Waals surface area contributed by atoms with Crippen LogP contribution in [0.3, 0.4) is 0 Å². The van der Waals surface area contributed by atoms with Gasteiger partial charge in [-0.15, -0.1) is 0 Å². The van der Waals surface area contributed by atoms with E-state index in [1.807, 2.05) is 0 Å². The zero-order valence-electron chi connectivity index (χ0n) is 13.1. The maximum absolute atomic E-state index is 3.73. The third-order valence-corrected chi connectivity index (χ3v) is 4.74. The minimum absolute atomic E-state index is 0.416. The second-order valence-corrected chi connectivity index (χ2v) is 6.33. The first-order valence-electron chi connectivity index (χ1n) is 8.12. The van der Waals surface area contributed by atoms with Gasteiger partial charge in [0.15, 0.2) is 0 Å². The van der Waals surface area contributed by atoms with Crippen molar-refractivity contribution in [1.82, 2.24) is 5.32 Å². The summed E-state index contributed by atoms with van der Waals surface area (Å²) >= 11 is 0. The molecule has 21 heavy (non-hydrogen) atoms. The van der Waals surface area contributed by atoms with Gasteiger partial charge in [-0.05, 0) is 55.7 Å². The fourth-order valence-corrected chi connectivity index (χ4v) is 3.36. The monoisotopic (exact) mass is 279 g/mol. The third kappa shape index (κ3) is 3.36. The second kappa shape index (κ2) is 6.44. The Labute approximate surface area is 128 Å². The van der Waals surface area contributed by atoms with Gasteiger partial charge in [0, 0.05) is 12.6 Å². The summed E-state index contributed by atoms with van der Waals surface area (Å²) in [5.41, 5.74) is 5.82. The van der Waals surface area contributed by atoms with Crippen molar-refractivity contribution >= 4 is 0 Å². The number of aryl methyl sites for hydroxylation is 2. The fraction of sp³-hybridized carbons (Fsp3) is 0.400. The highest BCUT2D eigenvalue weighted by Gasteiger charge is 2.20. The Balaban J connectivity index is 1.64. The van der Waals surface area contributed by atoms with E-state index in [1.165, 1.54) is 30.4 Å². The van der Waals surface area contributed by atoms with Gasteiger partial charge in [0.2, 0.25) is 0 Å². The predicted octanol–water partition coefficient (Wildman–Crippen LogP) is 4.77. The highest BCUT2D eigenvalue weighted by molar-refractivity contribution is 5.33. The van der Waals surface area contributed by atoms with Gasteiger partial charge in [-0.1, -0.05) is 54.1 Å². The lowest BCUT2D eigenvalue weighted by molar-refractivity contribution is 0.473. The Morgan fingerprint density at radius 1 is 1.10 bits per heavy atom. The molecule has 0 bridgehead atoms. The summed E-state index contributed by atoms with van der Waals surface area (Å²) in [4.78, 5) is 0. The molecule has 0 aliphatic heterocycles. The van der Waals surface area contributed by atoms with E-state index in [0.717, 1.165) is 6.54 Å². The average molecular weight is 279 g/mol. The van der Waals surface area contributed by atoms with Crippen LogP contribution < -0.4 is 5.32 Å². The van der Waals surface area contributed by atoms with Crippen molar-refractivity contribution in [3.05, 3.63) is 70.8 Å². The molecule has 1 nitrogen and oxygen atoms in total. The molecule has 0 fully saturated rings. The van der Waals surface area contributed by atoms with Crippen LogP contribution in [0.1, 0.15) is 54.0 Å². The molecule has 1 aliphatic rings. The smallest absolute Gasteiger partial charge is 0.0292 e. The molecule has 1 heteroatoms. The summed E-state index contributed by atoms with van der Waals surface area (Å²) in [6.45, 7) is 5.48. The van der Waals surface area contributed by atoms with E-state index in [0.29, 0.717) is 12.0 Å².